The van der Waals surface area contributed by atoms with Crippen molar-refractivity contribution in [1.29, 1.82) is 0 Å². The Labute approximate surface area is 97.8 Å². The molecule has 1 saturated heterocycles. The molecule has 1 aliphatic rings. The minimum atomic E-state index is -0.0203. The van der Waals surface area contributed by atoms with Gasteiger partial charge in [0.2, 0.25) is 5.91 Å². The van der Waals surface area contributed by atoms with E-state index in [4.69, 9.17) is 5.11 Å². The van der Waals surface area contributed by atoms with Gasteiger partial charge in [-0.25, -0.2) is 0 Å². The zero-order valence-corrected chi connectivity index (χ0v) is 10.4. The molecule has 0 spiro atoms. The van der Waals surface area contributed by atoms with Gasteiger partial charge in [0.15, 0.2) is 0 Å². The average Bonchev–Trinajstić information content (AvgIpc) is 2.68. The maximum absolute atomic E-state index is 11.6. The van der Waals surface area contributed by atoms with E-state index in [-0.39, 0.29) is 17.9 Å². The number of hydrogen-bond acceptors (Lipinski definition) is 3. The third kappa shape index (κ3) is 4.94. The molecule has 0 saturated carbocycles. The van der Waals surface area contributed by atoms with Crippen molar-refractivity contribution in [2.75, 3.05) is 19.7 Å². The molecule has 0 aliphatic carbocycles. The van der Waals surface area contributed by atoms with Gasteiger partial charge in [0, 0.05) is 25.6 Å². The summed E-state index contributed by atoms with van der Waals surface area (Å²) in [5.74, 6) is 0.116. The number of rotatable bonds is 6. The van der Waals surface area contributed by atoms with Crippen LogP contribution < -0.4 is 10.6 Å². The fraction of sp³-hybridized carbons (Fsp3) is 0.917. The summed E-state index contributed by atoms with van der Waals surface area (Å²) in [5, 5.41) is 15.1. The molecule has 4 nitrogen and oxygen atoms in total. The Morgan fingerprint density at radius 1 is 1.56 bits per heavy atom. The van der Waals surface area contributed by atoms with Crippen LogP contribution in [0.25, 0.3) is 0 Å². The maximum atomic E-state index is 11.6. The third-order valence-corrected chi connectivity index (χ3v) is 3.15. The summed E-state index contributed by atoms with van der Waals surface area (Å²) in [4.78, 5) is 11.6. The first-order chi connectivity index (χ1) is 7.53. The average molecular weight is 228 g/mol. The first-order valence-electron chi connectivity index (χ1n) is 6.14. The maximum Gasteiger partial charge on any atom is 0.221 e. The Bertz CT molecular complexity index is 223. The first-order valence-corrected chi connectivity index (χ1v) is 6.14. The van der Waals surface area contributed by atoms with Crippen molar-refractivity contribution in [3.63, 3.8) is 0 Å². The molecular weight excluding hydrogens is 204 g/mol. The number of aliphatic hydroxyl groups excluding tert-OH is 1. The fourth-order valence-electron chi connectivity index (χ4n) is 1.96. The van der Waals surface area contributed by atoms with Crippen molar-refractivity contribution in [3.05, 3.63) is 0 Å². The predicted octanol–water partition coefficient (Wildman–Crippen LogP) is 0.653. The first kappa shape index (κ1) is 13.5. The van der Waals surface area contributed by atoms with E-state index in [0.717, 1.165) is 19.4 Å². The molecule has 3 N–H and O–H groups in total. The van der Waals surface area contributed by atoms with E-state index in [2.05, 4.69) is 24.5 Å². The number of hydrogen-bond donors (Lipinski definition) is 3. The third-order valence-electron chi connectivity index (χ3n) is 3.15. The van der Waals surface area contributed by atoms with Gasteiger partial charge in [-0.05, 0) is 31.2 Å². The van der Waals surface area contributed by atoms with E-state index in [1.165, 1.54) is 6.42 Å². The Hall–Kier alpha value is -0.610. The van der Waals surface area contributed by atoms with E-state index >= 15 is 0 Å². The van der Waals surface area contributed by atoms with Crippen LogP contribution in [0.4, 0.5) is 0 Å². The predicted molar refractivity (Wildman–Crippen MR) is 64.1 cm³/mol. The van der Waals surface area contributed by atoms with Crippen molar-refractivity contribution >= 4 is 5.91 Å². The molecule has 94 valence electrons. The summed E-state index contributed by atoms with van der Waals surface area (Å²) in [6.45, 7) is 5.95. The van der Waals surface area contributed by atoms with Gasteiger partial charge in [-0.1, -0.05) is 13.8 Å². The van der Waals surface area contributed by atoms with Crippen LogP contribution >= 0.6 is 0 Å². The highest BCUT2D eigenvalue weighted by atomic mass is 16.3. The van der Waals surface area contributed by atoms with E-state index in [1.807, 2.05) is 0 Å². The van der Waals surface area contributed by atoms with Gasteiger partial charge in [-0.2, -0.15) is 0 Å². The summed E-state index contributed by atoms with van der Waals surface area (Å²) < 4.78 is 0. The molecule has 0 aromatic carbocycles. The van der Waals surface area contributed by atoms with Crippen LogP contribution in [0.2, 0.25) is 0 Å². The van der Waals surface area contributed by atoms with E-state index in [0.29, 0.717) is 19.0 Å². The van der Waals surface area contributed by atoms with Gasteiger partial charge in [-0.3, -0.25) is 4.79 Å². The van der Waals surface area contributed by atoms with Crippen LogP contribution in [0.15, 0.2) is 0 Å². The van der Waals surface area contributed by atoms with Crippen molar-refractivity contribution in [1.82, 2.24) is 10.6 Å². The lowest BCUT2D eigenvalue weighted by Crippen LogP contribution is -2.37. The lowest BCUT2D eigenvalue weighted by Gasteiger charge is -2.24. The van der Waals surface area contributed by atoms with E-state index < -0.39 is 0 Å². The SMILES string of the molecule is CC(C)(CCO)CNC(=O)CC1CCCN1. The van der Waals surface area contributed by atoms with Gasteiger partial charge in [0.05, 0.1) is 0 Å². The molecule has 1 heterocycles. The highest BCUT2D eigenvalue weighted by Crippen LogP contribution is 2.18. The minimum absolute atomic E-state index is 0.0203. The van der Waals surface area contributed by atoms with Crippen molar-refractivity contribution < 1.29 is 9.90 Å². The van der Waals surface area contributed by atoms with E-state index in [1.54, 1.807) is 0 Å². The second-order valence-electron chi connectivity index (χ2n) is 5.41. The summed E-state index contributed by atoms with van der Waals surface area (Å²) in [7, 11) is 0. The van der Waals surface area contributed by atoms with Gasteiger partial charge >= 0.3 is 0 Å². The summed E-state index contributed by atoms with van der Waals surface area (Å²) in [5.41, 5.74) is -0.0203. The lowest BCUT2D eigenvalue weighted by molar-refractivity contribution is -0.122. The van der Waals surface area contributed by atoms with Crippen LogP contribution in [0.5, 0.6) is 0 Å². The standard InChI is InChI=1S/C12H24N2O2/c1-12(2,5-7-15)9-14-11(16)8-10-4-3-6-13-10/h10,13,15H,3-9H2,1-2H3,(H,14,16). The quantitative estimate of drug-likeness (QED) is 0.625. The summed E-state index contributed by atoms with van der Waals surface area (Å²) in [6.07, 6.45) is 3.57. The smallest absolute Gasteiger partial charge is 0.221 e. The molecule has 0 aromatic heterocycles. The normalized spacial score (nSPS) is 21.1. The van der Waals surface area contributed by atoms with E-state index in [9.17, 15) is 4.79 Å². The number of amides is 1. The molecule has 1 unspecified atom stereocenters. The molecule has 1 fully saturated rings. The van der Waals surface area contributed by atoms with Crippen molar-refractivity contribution in [2.45, 2.75) is 45.6 Å². The van der Waals surface area contributed by atoms with Crippen molar-refractivity contribution in [2.24, 2.45) is 5.41 Å². The molecule has 0 bridgehead atoms. The number of nitrogens with one attached hydrogen (secondary N) is 2. The van der Waals surface area contributed by atoms with Crippen LogP contribution in [0.3, 0.4) is 0 Å². The van der Waals surface area contributed by atoms with Gasteiger partial charge in [0.1, 0.15) is 0 Å². The number of carbonyl (C=O) groups excluding carboxylic acids is 1. The molecule has 1 amide bonds. The monoisotopic (exact) mass is 228 g/mol. The molecule has 16 heavy (non-hydrogen) atoms. The zero-order chi connectivity index (χ0) is 12.0. The Kier molecular flexibility index (Phi) is 5.22. The molecule has 4 heteroatoms. The Morgan fingerprint density at radius 3 is 2.88 bits per heavy atom. The zero-order valence-electron chi connectivity index (χ0n) is 10.4. The van der Waals surface area contributed by atoms with Crippen LogP contribution in [0.1, 0.15) is 39.5 Å². The minimum Gasteiger partial charge on any atom is -0.396 e. The molecule has 0 radical (unpaired) electrons. The number of carbonyl (C=O) groups is 1. The highest BCUT2D eigenvalue weighted by Gasteiger charge is 2.21. The van der Waals surface area contributed by atoms with Gasteiger partial charge in [0.25, 0.3) is 0 Å². The fourth-order valence-corrected chi connectivity index (χ4v) is 1.96. The van der Waals surface area contributed by atoms with Crippen LogP contribution in [-0.4, -0.2) is 36.8 Å². The summed E-state index contributed by atoms with van der Waals surface area (Å²) in [6, 6.07) is 0.362. The molecule has 1 atom stereocenters. The Morgan fingerprint density at radius 2 is 2.31 bits per heavy atom. The largest absolute Gasteiger partial charge is 0.396 e. The molecular formula is C12H24N2O2. The van der Waals surface area contributed by atoms with Crippen molar-refractivity contribution in [3.8, 4) is 0 Å². The second kappa shape index (κ2) is 6.21. The lowest BCUT2D eigenvalue weighted by atomic mass is 9.89. The summed E-state index contributed by atoms with van der Waals surface area (Å²) >= 11 is 0. The molecule has 1 aliphatic heterocycles. The van der Waals surface area contributed by atoms with Crippen LogP contribution in [-0.2, 0) is 4.79 Å². The van der Waals surface area contributed by atoms with Crippen LogP contribution in [0, 0.1) is 5.41 Å². The molecule has 0 aromatic rings. The number of aliphatic hydroxyl groups is 1. The van der Waals surface area contributed by atoms with Gasteiger partial charge < -0.3 is 15.7 Å². The highest BCUT2D eigenvalue weighted by molar-refractivity contribution is 5.76. The van der Waals surface area contributed by atoms with Gasteiger partial charge in [-0.15, -0.1) is 0 Å². The second-order valence-corrected chi connectivity index (χ2v) is 5.41. The Balaban J connectivity index is 2.18. The topological polar surface area (TPSA) is 61.4 Å². The molecule has 1 rings (SSSR count).